The molecule has 1 aliphatic heterocycles. The van der Waals surface area contributed by atoms with Gasteiger partial charge in [-0.1, -0.05) is 29.9 Å². The zero-order valence-electron chi connectivity index (χ0n) is 18.6. The largest absolute Gasteiger partial charge is 0.489 e. The molecule has 3 rings (SSSR count). The lowest BCUT2D eigenvalue weighted by atomic mass is 10.1. The SMILES string of the molecule is COC(C)(C)COc1cnccc1CNC1=C(C(=S)Nc2cccc(Cl)c2Br)C(=O)NCC1. The third kappa shape index (κ3) is 6.66. The van der Waals surface area contributed by atoms with Gasteiger partial charge in [0.1, 0.15) is 17.3 Å². The van der Waals surface area contributed by atoms with Crippen molar-refractivity contribution in [3.05, 3.63) is 63.0 Å². The molecule has 0 atom stereocenters. The lowest BCUT2D eigenvalue weighted by molar-refractivity contribution is -0.117. The van der Waals surface area contributed by atoms with E-state index in [1.54, 1.807) is 25.6 Å². The van der Waals surface area contributed by atoms with Gasteiger partial charge in [0.15, 0.2) is 0 Å². The number of pyridine rings is 1. The summed E-state index contributed by atoms with van der Waals surface area (Å²) < 4.78 is 12.1. The second-order valence-electron chi connectivity index (χ2n) is 8.00. The van der Waals surface area contributed by atoms with Gasteiger partial charge < -0.3 is 25.4 Å². The van der Waals surface area contributed by atoms with E-state index in [0.717, 1.165) is 11.3 Å². The summed E-state index contributed by atoms with van der Waals surface area (Å²) in [5, 5.41) is 9.91. The van der Waals surface area contributed by atoms with Gasteiger partial charge in [0.05, 0.1) is 32.6 Å². The number of hydrogen-bond donors (Lipinski definition) is 3. The van der Waals surface area contributed by atoms with Crippen molar-refractivity contribution in [2.24, 2.45) is 0 Å². The highest BCUT2D eigenvalue weighted by Gasteiger charge is 2.25. The Morgan fingerprint density at radius 2 is 2.15 bits per heavy atom. The van der Waals surface area contributed by atoms with Crippen LogP contribution in [0.1, 0.15) is 25.8 Å². The molecule has 2 heterocycles. The minimum Gasteiger partial charge on any atom is -0.489 e. The topological polar surface area (TPSA) is 84.5 Å². The number of thiocarbonyl (C=S) groups is 1. The zero-order chi connectivity index (χ0) is 24.0. The number of rotatable bonds is 9. The summed E-state index contributed by atoms with van der Waals surface area (Å²) in [4.78, 5) is 17.2. The van der Waals surface area contributed by atoms with Crippen LogP contribution in [0.3, 0.4) is 0 Å². The number of nitrogens with zero attached hydrogens (tertiary/aromatic N) is 1. The molecule has 0 radical (unpaired) electrons. The molecule has 0 bridgehead atoms. The highest BCUT2D eigenvalue weighted by molar-refractivity contribution is 9.10. The molecule has 1 amide bonds. The number of ether oxygens (including phenoxy) is 2. The highest BCUT2D eigenvalue weighted by Crippen LogP contribution is 2.31. The number of anilines is 1. The van der Waals surface area contributed by atoms with Crippen molar-refractivity contribution < 1.29 is 14.3 Å². The van der Waals surface area contributed by atoms with Gasteiger partial charge in [0.25, 0.3) is 5.91 Å². The molecule has 0 saturated carbocycles. The number of hydrogen-bond acceptors (Lipinski definition) is 6. The van der Waals surface area contributed by atoms with Crippen LogP contribution >= 0.6 is 39.7 Å². The van der Waals surface area contributed by atoms with Crippen LogP contribution in [-0.2, 0) is 16.1 Å². The Balaban J connectivity index is 1.78. The summed E-state index contributed by atoms with van der Waals surface area (Å²) >= 11 is 15.2. The first-order valence-electron chi connectivity index (χ1n) is 10.3. The maximum Gasteiger partial charge on any atom is 0.256 e. The van der Waals surface area contributed by atoms with E-state index in [0.29, 0.717) is 57.6 Å². The molecule has 10 heteroatoms. The van der Waals surface area contributed by atoms with Crippen LogP contribution in [0.25, 0.3) is 0 Å². The first-order valence-corrected chi connectivity index (χ1v) is 11.9. The van der Waals surface area contributed by atoms with Gasteiger partial charge in [0.2, 0.25) is 0 Å². The van der Waals surface area contributed by atoms with Gasteiger partial charge in [0, 0.05) is 44.1 Å². The van der Waals surface area contributed by atoms with Crippen LogP contribution < -0.4 is 20.7 Å². The van der Waals surface area contributed by atoms with E-state index in [-0.39, 0.29) is 5.91 Å². The second-order valence-corrected chi connectivity index (χ2v) is 9.61. The number of amides is 1. The fourth-order valence-electron chi connectivity index (χ4n) is 3.05. The zero-order valence-corrected chi connectivity index (χ0v) is 21.8. The van der Waals surface area contributed by atoms with E-state index in [9.17, 15) is 4.79 Å². The molecule has 3 N–H and O–H groups in total. The van der Waals surface area contributed by atoms with Gasteiger partial charge in [-0.3, -0.25) is 9.78 Å². The number of carbonyl (C=O) groups is 1. The van der Waals surface area contributed by atoms with Crippen molar-refractivity contribution in [1.29, 1.82) is 0 Å². The van der Waals surface area contributed by atoms with Crippen LogP contribution in [0, 0.1) is 0 Å². The van der Waals surface area contributed by atoms with E-state index >= 15 is 0 Å². The Kier molecular flexibility index (Phi) is 8.69. The van der Waals surface area contributed by atoms with Crippen molar-refractivity contribution in [3.8, 4) is 5.75 Å². The Hall–Kier alpha value is -2.20. The van der Waals surface area contributed by atoms with E-state index in [1.165, 1.54) is 0 Å². The summed E-state index contributed by atoms with van der Waals surface area (Å²) in [6.07, 6.45) is 4.00. The smallest absolute Gasteiger partial charge is 0.256 e. The average Bonchev–Trinajstić information content (AvgIpc) is 2.80. The minimum absolute atomic E-state index is 0.229. The van der Waals surface area contributed by atoms with Crippen molar-refractivity contribution in [2.45, 2.75) is 32.4 Å². The summed E-state index contributed by atoms with van der Waals surface area (Å²) in [7, 11) is 1.65. The molecule has 7 nitrogen and oxygen atoms in total. The number of benzene rings is 1. The molecule has 0 unspecified atom stereocenters. The number of halogens is 2. The Morgan fingerprint density at radius 1 is 1.36 bits per heavy atom. The Bertz CT molecular complexity index is 1080. The number of aromatic nitrogens is 1. The molecular formula is C23H26BrClN4O3S. The second kappa shape index (κ2) is 11.3. The van der Waals surface area contributed by atoms with Gasteiger partial charge >= 0.3 is 0 Å². The van der Waals surface area contributed by atoms with Gasteiger partial charge in [-0.15, -0.1) is 0 Å². The van der Waals surface area contributed by atoms with E-state index in [2.05, 4.69) is 36.9 Å². The van der Waals surface area contributed by atoms with E-state index in [4.69, 9.17) is 33.3 Å². The maximum atomic E-state index is 12.7. The van der Waals surface area contributed by atoms with Gasteiger partial charge in [-0.2, -0.15) is 0 Å². The summed E-state index contributed by atoms with van der Waals surface area (Å²) in [6.45, 7) is 5.24. The molecule has 1 aliphatic rings. The fraction of sp³-hybridized carbons (Fsp3) is 0.348. The Morgan fingerprint density at radius 3 is 2.91 bits per heavy atom. The number of methoxy groups -OCH3 is 1. The number of carbonyl (C=O) groups excluding carboxylic acids is 1. The van der Waals surface area contributed by atoms with Crippen LogP contribution in [0.2, 0.25) is 5.02 Å². The molecule has 0 aliphatic carbocycles. The highest BCUT2D eigenvalue weighted by atomic mass is 79.9. The maximum absolute atomic E-state index is 12.7. The normalized spacial score (nSPS) is 14.0. The standard InChI is InChI=1S/C23H26BrClN4O3S/c1-23(2,31-3)13-32-18-12-26-9-7-14(18)11-28-16-8-10-27-21(30)19(16)22(33)29-17-6-4-5-15(25)20(17)24/h4-7,9,12,28H,8,10-11,13H2,1-3H3,(H,27,30)(H,29,33). The average molecular weight is 554 g/mol. The quantitative estimate of drug-likeness (QED) is 0.391. The molecule has 0 fully saturated rings. The summed E-state index contributed by atoms with van der Waals surface area (Å²) in [5.74, 6) is 0.425. The van der Waals surface area contributed by atoms with Crippen LogP contribution in [0.5, 0.6) is 5.75 Å². The minimum atomic E-state index is -0.426. The fourth-order valence-corrected chi connectivity index (χ4v) is 3.91. The molecule has 2 aromatic rings. The van der Waals surface area contributed by atoms with Gasteiger partial charge in [-0.25, -0.2) is 0 Å². The molecule has 0 saturated heterocycles. The molecule has 176 valence electrons. The van der Waals surface area contributed by atoms with Crippen LogP contribution in [-0.4, -0.2) is 41.7 Å². The molecule has 1 aromatic heterocycles. The first kappa shape index (κ1) is 25.4. The predicted octanol–water partition coefficient (Wildman–Crippen LogP) is 4.60. The van der Waals surface area contributed by atoms with Crippen molar-refractivity contribution in [1.82, 2.24) is 15.6 Å². The van der Waals surface area contributed by atoms with Crippen LogP contribution in [0.15, 0.2) is 52.4 Å². The summed E-state index contributed by atoms with van der Waals surface area (Å²) in [6, 6.07) is 7.29. The van der Waals surface area contributed by atoms with Crippen molar-refractivity contribution in [2.75, 3.05) is 25.6 Å². The summed E-state index contributed by atoms with van der Waals surface area (Å²) in [5.41, 5.74) is 2.33. The molecule has 0 spiro atoms. The van der Waals surface area contributed by atoms with Gasteiger partial charge in [-0.05, 0) is 48.0 Å². The lowest BCUT2D eigenvalue weighted by Gasteiger charge is -2.25. The van der Waals surface area contributed by atoms with Crippen LogP contribution in [0.4, 0.5) is 5.69 Å². The van der Waals surface area contributed by atoms with E-state index < -0.39 is 5.60 Å². The Labute approximate surface area is 212 Å². The molecule has 1 aromatic carbocycles. The van der Waals surface area contributed by atoms with Crippen molar-refractivity contribution >= 4 is 56.3 Å². The predicted molar refractivity (Wildman–Crippen MR) is 138 cm³/mol. The lowest BCUT2D eigenvalue weighted by Crippen LogP contribution is -2.39. The third-order valence-corrected chi connectivity index (χ3v) is 6.81. The third-order valence-electron chi connectivity index (χ3n) is 5.11. The molecule has 33 heavy (non-hydrogen) atoms. The van der Waals surface area contributed by atoms with Crippen molar-refractivity contribution in [3.63, 3.8) is 0 Å². The molecular weight excluding hydrogens is 528 g/mol. The monoisotopic (exact) mass is 552 g/mol. The first-order chi connectivity index (χ1) is 15.7. The number of nitrogens with one attached hydrogen (secondary N) is 3. The van der Waals surface area contributed by atoms with E-state index in [1.807, 2.05) is 32.0 Å².